The van der Waals surface area contributed by atoms with E-state index >= 15 is 0 Å². The normalized spacial score (nSPS) is 13.7. The lowest BCUT2D eigenvalue weighted by molar-refractivity contribution is 0.267. The van der Waals surface area contributed by atoms with Crippen LogP contribution in [0.3, 0.4) is 0 Å². The van der Waals surface area contributed by atoms with Gasteiger partial charge in [-0.2, -0.15) is 16.9 Å². The molecule has 0 radical (unpaired) electrons. The smallest absolute Gasteiger partial charge is 0.244 e. The number of nitrogens with zero attached hydrogens (tertiary/aromatic N) is 2. The van der Waals surface area contributed by atoms with Gasteiger partial charge in [0.15, 0.2) is 0 Å². The van der Waals surface area contributed by atoms with Crippen LogP contribution in [-0.4, -0.2) is 48.0 Å². The first-order valence-corrected chi connectivity index (χ1v) is 9.28. The molecule has 2 N–H and O–H groups in total. The highest BCUT2D eigenvalue weighted by molar-refractivity contribution is 7.99. The fourth-order valence-electron chi connectivity index (χ4n) is 1.97. The standard InChI is InChI=1S/C12H23N3O3S2/c1-9(19-4)5-6-13-20(17,18)12-10(2)14-15(7-8-16)11(12)3/h9,13,16H,5-8H2,1-4H3. The second kappa shape index (κ2) is 7.44. The zero-order valence-corrected chi connectivity index (χ0v) is 14.0. The SMILES string of the molecule is CSC(C)CCNS(=O)(=O)c1c(C)nn(CCO)c1C. The van der Waals surface area contributed by atoms with E-state index in [4.69, 9.17) is 5.11 Å². The number of aliphatic hydroxyl groups excluding tert-OH is 1. The Morgan fingerprint density at radius 3 is 2.65 bits per heavy atom. The summed E-state index contributed by atoms with van der Waals surface area (Å²) in [5, 5.41) is 13.5. The molecular weight excluding hydrogens is 298 g/mol. The van der Waals surface area contributed by atoms with Crippen molar-refractivity contribution in [2.24, 2.45) is 0 Å². The van der Waals surface area contributed by atoms with Gasteiger partial charge in [-0.3, -0.25) is 4.68 Å². The molecule has 116 valence electrons. The monoisotopic (exact) mass is 321 g/mol. The van der Waals surface area contributed by atoms with Gasteiger partial charge in [0.05, 0.1) is 24.5 Å². The van der Waals surface area contributed by atoms with E-state index < -0.39 is 10.0 Å². The molecule has 1 rings (SSSR count). The predicted molar refractivity (Wildman–Crippen MR) is 81.6 cm³/mol. The Morgan fingerprint density at radius 2 is 2.10 bits per heavy atom. The molecule has 1 aromatic heterocycles. The minimum absolute atomic E-state index is 0.0693. The molecule has 20 heavy (non-hydrogen) atoms. The van der Waals surface area contributed by atoms with E-state index in [9.17, 15) is 8.42 Å². The molecule has 1 atom stereocenters. The van der Waals surface area contributed by atoms with E-state index in [1.807, 2.05) is 6.26 Å². The Bertz CT molecular complexity index is 540. The molecule has 0 spiro atoms. The molecule has 6 nitrogen and oxygen atoms in total. The highest BCUT2D eigenvalue weighted by Crippen LogP contribution is 2.19. The predicted octanol–water partition coefficient (Wildman–Crippen LogP) is 0.912. The number of nitrogens with one attached hydrogen (secondary N) is 1. The highest BCUT2D eigenvalue weighted by Gasteiger charge is 2.24. The van der Waals surface area contributed by atoms with Gasteiger partial charge in [0.25, 0.3) is 0 Å². The van der Waals surface area contributed by atoms with Crippen LogP contribution in [0.4, 0.5) is 0 Å². The maximum absolute atomic E-state index is 12.3. The van der Waals surface area contributed by atoms with Gasteiger partial charge < -0.3 is 5.11 Å². The molecular formula is C12H23N3O3S2. The summed E-state index contributed by atoms with van der Waals surface area (Å²) in [5.74, 6) is 0. The van der Waals surface area contributed by atoms with Gasteiger partial charge in [-0.15, -0.1) is 0 Å². The van der Waals surface area contributed by atoms with Crippen molar-refractivity contribution < 1.29 is 13.5 Å². The van der Waals surface area contributed by atoms with Crippen molar-refractivity contribution in [1.29, 1.82) is 0 Å². The first kappa shape index (κ1) is 17.5. The molecule has 0 fully saturated rings. The van der Waals surface area contributed by atoms with Crippen LogP contribution in [0, 0.1) is 13.8 Å². The summed E-state index contributed by atoms with van der Waals surface area (Å²) in [5.41, 5.74) is 1.02. The second-order valence-corrected chi connectivity index (χ2v) is 7.66. The zero-order valence-electron chi connectivity index (χ0n) is 12.4. The maximum atomic E-state index is 12.3. The fourth-order valence-corrected chi connectivity index (χ4v) is 3.78. The van der Waals surface area contributed by atoms with Crippen LogP contribution in [0.2, 0.25) is 0 Å². The zero-order chi connectivity index (χ0) is 15.3. The summed E-state index contributed by atoms with van der Waals surface area (Å²) in [4.78, 5) is 0.225. The summed E-state index contributed by atoms with van der Waals surface area (Å²) in [6.07, 6.45) is 2.79. The van der Waals surface area contributed by atoms with Crippen LogP contribution in [0.5, 0.6) is 0 Å². The Kier molecular flexibility index (Phi) is 6.50. The molecule has 1 unspecified atom stereocenters. The number of rotatable bonds is 8. The minimum Gasteiger partial charge on any atom is -0.394 e. The molecule has 0 aromatic carbocycles. The lowest BCUT2D eigenvalue weighted by Gasteiger charge is -2.10. The molecule has 1 aromatic rings. The molecule has 0 saturated carbocycles. The quantitative estimate of drug-likeness (QED) is 0.743. The number of thioether (sulfide) groups is 1. The average molecular weight is 321 g/mol. The lowest BCUT2D eigenvalue weighted by atomic mass is 10.3. The Labute approximate surface area is 125 Å². The summed E-state index contributed by atoms with van der Waals surface area (Å²) in [6.45, 7) is 6.07. The lowest BCUT2D eigenvalue weighted by Crippen LogP contribution is -2.27. The van der Waals surface area contributed by atoms with Gasteiger partial charge in [0.1, 0.15) is 4.90 Å². The third-order valence-corrected chi connectivity index (χ3v) is 5.89. The molecule has 0 saturated heterocycles. The van der Waals surface area contributed by atoms with Crippen molar-refractivity contribution in [3.63, 3.8) is 0 Å². The van der Waals surface area contributed by atoms with Crippen molar-refractivity contribution in [3.8, 4) is 0 Å². The summed E-state index contributed by atoms with van der Waals surface area (Å²) in [6, 6.07) is 0. The van der Waals surface area contributed by atoms with E-state index in [1.165, 1.54) is 4.68 Å². The van der Waals surface area contributed by atoms with Crippen LogP contribution in [0.15, 0.2) is 4.90 Å². The van der Waals surface area contributed by atoms with Crippen LogP contribution >= 0.6 is 11.8 Å². The van der Waals surface area contributed by atoms with E-state index in [0.29, 0.717) is 29.7 Å². The van der Waals surface area contributed by atoms with Crippen molar-refractivity contribution in [3.05, 3.63) is 11.4 Å². The Balaban J connectivity index is 2.87. The maximum Gasteiger partial charge on any atom is 0.244 e. The van der Waals surface area contributed by atoms with E-state index in [0.717, 1.165) is 6.42 Å². The van der Waals surface area contributed by atoms with Crippen molar-refractivity contribution in [2.75, 3.05) is 19.4 Å². The summed E-state index contributed by atoms with van der Waals surface area (Å²) < 4.78 is 28.8. The molecule has 0 aliphatic heterocycles. The molecule has 0 aliphatic carbocycles. The first-order chi connectivity index (χ1) is 9.33. The third-order valence-electron chi connectivity index (χ3n) is 3.14. The van der Waals surface area contributed by atoms with E-state index in [2.05, 4.69) is 16.7 Å². The Hall–Kier alpha value is -0.570. The Morgan fingerprint density at radius 1 is 1.45 bits per heavy atom. The summed E-state index contributed by atoms with van der Waals surface area (Å²) >= 11 is 1.71. The minimum atomic E-state index is -3.55. The second-order valence-electron chi connectivity index (χ2n) is 4.68. The first-order valence-electron chi connectivity index (χ1n) is 6.50. The van der Waals surface area contributed by atoms with Gasteiger partial charge in [-0.1, -0.05) is 6.92 Å². The molecule has 0 amide bonds. The number of aliphatic hydroxyl groups is 1. The number of aromatic nitrogens is 2. The van der Waals surface area contributed by atoms with Gasteiger partial charge >= 0.3 is 0 Å². The van der Waals surface area contributed by atoms with Crippen LogP contribution in [0.1, 0.15) is 24.7 Å². The van der Waals surface area contributed by atoms with Gasteiger partial charge in [0.2, 0.25) is 10.0 Å². The third kappa shape index (κ3) is 4.21. The molecule has 0 bridgehead atoms. The van der Waals surface area contributed by atoms with Crippen LogP contribution in [0.25, 0.3) is 0 Å². The van der Waals surface area contributed by atoms with Crippen LogP contribution in [-0.2, 0) is 16.6 Å². The number of aryl methyl sites for hydroxylation is 1. The average Bonchev–Trinajstić information content (AvgIpc) is 2.65. The van der Waals surface area contributed by atoms with Crippen molar-refractivity contribution >= 4 is 21.8 Å². The van der Waals surface area contributed by atoms with Crippen molar-refractivity contribution in [2.45, 2.75) is 43.9 Å². The number of hydrogen-bond acceptors (Lipinski definition) is 5. The van der Waals surface area contributed by atoms with Gasteiger partial charge in [-0.25, -0.2) is 13.1 Å². The molecule has 0 aliphatic rings. The molecule has 8 heteroatoms. The van der Waals surface area contributed by atoms with E-state index in [-0.39, 0.29) is 11.5 Å². The van der Waals surface area contributed by atoms with E-state index in [1.54, 1.807) is 25.6 Å². The molecule has 1 heterocycles. The topological polar surface area (TPSA) is 84.2 Å². The van der Waals surface area contributed by atoms with Crippen molar-refractivity contribution in [1.82, 2.24) is 14.5 Å². The fraction of sp³-hybridized carbons (Fsp3) is 0.750. The number of sulfonamides is 1. The van der Waals surface area contributed by atoms with Crippen LogP contribution < -0.4 is 4.72 Å². The highest BCUT2D eigenvalue weighted by atomic mass is 32.2. The van der Waals surface area contributed by atoms with Gasteiger partial charge in [-0.05, 0) is 26.5 Å². The summed E-state index contributed by atoms with van der Waals surface area (Å²) in [7, 11) is -3.55. The van der Waals surface area contributed by atoms with Gasteiger partial charge in [0, 0.05) is 11.8 Å². The largest absolute Gasteiger partial charge is 0.394 e. The number of hydrogen-bond donors (Lipinski definition) is 2.